The molecule has 0 saturated heterocycles. The molecule has 0 spiro atoms. The minimum atomic E-state index is -0.260. The van der Waals surface area contributed by atoms with Crippen molar-refractivity contribution in [2.24, 2.45) is 11.7 Å². The van der Waals surface area contributed by atoms with Crippen LogP contribution in [-0.2, 0) is 4.79 Å². The Labute approximate surface area is 67.3 Å². The van der Waals surface area contributed by atoms with Crippen LogP contribution in [0.15, 0.2) is 0 Å². The largest absolute Gasteiger partial charge is 0.355 e. The number of likely N-dealkylation sites (N-methyl/N-ethyl adjacent to an activating group) is 1. The summed E-state index contributed by atoms with van der Waals surface area (Å²) in [6.07, 6.45) is 3.48. The molecule has 64 valence electrons. The van der Waals surface area contributed by atoms with Gasteiger partial charge in [-0.1, -0.05) is 6.42 Å². The van der Waals surface area contributed by atoms with Crippen LogP contribution >= 0.6 is 0 Å². The van der Waals surface area contributed by atoms with Crippen molar-refractivity contribution in [1.29, 1.82) is 0 Å². The van der Waals surface area contributed by atoms with Gasteiger partial charge in [0.1, 0.15) is 0 Å². The van der Waals surface area contributed by atoms with Gasteiger partial charge in [0, 0.05) is 6.54 Å². The monoisotopic (exact) mass is 156 g/mol. The van der Waals surface area contributed by atoms with E-state index in [4.69, 9.17) is 5.73 Å². The molecule has 0 aromatic carbocycles. The normalized spacial score (nSPS) is 20.5. The first-order chi connectivity index (χ1) is 5.25. The lowest BCUT2D eigenvalue weighted by atomic mass is 9.80. The van der Waals surface area contributed by atoms with E-state index < -0.39 is 0 Å². The van der Waals surface area contributed by atoms with Crippen molar-refractivity contribution in [3.05, 3.63) is 0 Å². The van der Waals surface area contributed by atoms with Crippen LogP contribution in [0.4, 0.5) is 0 Å². The quantitative estimate of drug-likeness (QED) is 0.615. The number of amides is 1. The molecule has 0 aromatic rings. The molecule has 1 fully saturated rings. The van der Waals surface area contributed by atoms with Gasteiger partial charge in [0.2, 0.25) is 5.91 Å². The summed E-state index contributed by atoms with van der Waals surface area (Å²) >= 11 is 0. The number of hydrogen-bond donors (Lipinski definition) is 2. The predicted octanol–water partition coefficient (Wildman–Crippen LogP) is 0.250. The van der Waals surface area contributed by atoms with Gasteiger partial charge in [-0.25, -0.2) is 0 Å². The molecule has 0 bridgehead atoms. The smallest absolute Gasteiger partial charge is 0.237 e. The summed E-state index contributed by atoms with van der Waals surface area (Å²) in [7, 11) is 0. The maximum absolute atomic E-state index is 11.1. The Bertz CT molecular complexity index is 143. The molecule has 1 rings (SSSR count). The third-order valence-electron chi connectivity index (χ3n) is 2.31. The molecule has 3 nitrogen and oxygen atoms in total. The lowest BCUT2D eigenvalue weighted by Crippen LogP contribution is -2.47. The molecule has 0 radical (unpaired) electrons. The Morgan fingerprint density at radius 2 is 2.36 bits per heavy atom. The standard InChI is InChI=1S/C8H16N2O/c1-2-10-8(11)7(9)6-4-3-5-6/h6-7H,2-5,9H2,1H3,(H,10,11). The Hall–Kier alpha value is -0.570. The number of rotatable bonds is 3. The zero-order valence-corrected chi connectivity index (χ0v) is 6.97. The Balaban J connectivity index is 2.27. The van der Waals surface area contributed by atoms with E-state index in [1.54, 1.807) is 0 Å². The van der Waals surface area contributed by atoms with E-state index in [1.807, 2.05) is 6.92 Å². The van der Waals surface area contributed by atoms with E-state index in [9.17, 15) is 4.79 Å². The minimum absolute atomic E-state index is 0.0113. The van der Waals surface area contributed by atoms with Crippen LogP contribution in [0.5, 0.6) is 0 Å². The molecular formula is C8H16N2O. The second-order valence-corrected chi connectivity index (χ2v) is 3.11. The summed E-state index contributed by atoms with van der Waals surface area (Å²) in [6, 6.07) is -0.260. The highest BCUT2D eigenvalue weighted by Gasteiger charge is 2.28. The van der Waals surface area contributed by atoms with Crippen LogP contribution in [0, 0.1) is 5.92 Å². The Kier molecular flexibility index (Phi) is 2.88. The molecule has 1 unspecified atom stereocenters. The zero-order chi connectivity index (χ0) is 8.27. The maximum Gasteiger partial charge on any atom is 0.237 e. The molecule has 3 heteroatoms. The van der Waals surface area contributed by atoms with E-state index in [0.29, 0.717) is 12.5 Å². The van der Waals surface area contributed by atoms with Crippen molar-refractivity contribution in [2.75, 3.05) is 6.54 Å². The van der Waals surface area contributed by atoms with Crippen LogP contribution < -0.4 is 11.1 Å². The molecule has 0 aromatic heterocycles. The van der Waals surface area contributed by atoms with Crippen molar-refractivity contribution < 1.29 is 4.79 Å². The lowest BCUT2D eigenvalue weighted by Gasteiger charge is -2.30. The van der Waals surface area contributed by atoms with E-state index >= 15 is 0 Å². The summed E-state index contributed by atoms with van der Waals surface area (Å²) in [4.78, 5) is 11.1. The van der Waals surface area contributed by atoms with E-state index in [0.717, 1.165) is 12.8 Å². The van der Waals surface area contributed by atoms with Gasteiger partial charge in [-0.15, -0.1) is 0 Å². The van der Waals surface area contributed by atoms with Gasteiger partial charge in [-0.3, -0.25) is 4.79 Å². The van der Waals surface area contributed by atoms with Crippen LogP contribution in [-0.4, -0.2) is 18.5 Å². The highest BCUT2D eigenvalue weighted by Crippen LogP contribution is 2.28. The zero-order valence-electron chi connectivity index (χ0n) is 6.97. The Morgan fingerprint density at radius 1 is 1.73 bits per heavy atom. The fraction of sp³-hybridized carbons (Fsp3) is 0.875. The summed E-state index contributed by atoms with van der Waals surface area (Å²) in [5, 5.41) is 2.73. The number of carbonyl (C=O) groups is 1. The van der Waals surface area contributed by atoms with Crippen LogP contribution in [0.1, 0.15) is 26.2 Å². The van der Waals surface area contributed by atoms with Gasteiger partial charge < -0.3 is 11.1 Å². The number of carbonyl (C=O) groups excluding carboxylic acids is 1. The second kappa shape index (κ2) is 3.72. The van der Waals surface area contributed by atoms with Gasteiger partial charge in [-0.05, 0) is 25.7 Å². The molecule has 0 aliphatic heterocycles. The van der Waals surface area contributed by atoms with E-state index in [1.165, 1.54) is 6.42 Å². The summed E-state index contributed by atoms with van der Waals surface area (Å²) in [6.45, 7) is 2.59. The van der Waals surface area contributed by atoms with Gasteiger partial charge >= 0.3 is 0 Å². The van der Waals surface area contributed by atoms with Gasteiger partial charge in [0.05, 0.1) is 6.04 Å². The fourth-order valence-corrected chi connectivity index (χ4v) is 1.31. The minimum Gasteiger partial charge on any atom is -0.355 e. The van der Waals surface area contributed by atoms with Crippen molar-refractivity contribution >= 4 is 5.91 Å². The molecule has 1 aliphatic carbocycles. The maximum atomic E-state index is 11.1. The van der Waals surface area contributed by atoms with Gasteiger partial charge in [-0.2, -0.15) is 0 Å². The molecule has 1 amide bonds. The molecule has 1 atom stereocenters. The van der Waals surface area contributed by atoms with E-state index in [2.05, 4.69) is 5.32 Å². The first kappa shape index (κ1) is 8.53. The molecule has 1 saturated carbocycles. The molecule has 11 heavy (non-hydrogen) atoms. The topological polar surface area (TPSA) is 55.1 Å². The molecular weight excluding hydrogens is 140 g/mol. The van der Waals surface area contributed by atoms with Crippen molar-refractivity contribution in [3.8, 4) is 0 Å². The van der Waals surface area contributed by atoms with Crippen LogP contribution in [0.2, 0.25) is 0 Å². The first-order valence-corrected chi connectivity index (χ1v) is 4.29. The fourth-order valence-electron chi connectivity index (χ4n) is 1.31. The number of nitrogens with one attached hydrogen (secondary N) is 1. The summed E-state index contributed by atoms with van der Waals surface area (Å²) in [5.74, 6) is 0.457. The Morgan fingerprint density at radius 3 is 2.73 bits per heavy atom. The van der Waals surface area contributed by atoms with Crippen molar-refractivity contribution in [3.63, 3.8) is 0 Å². The number of nitrogens with two attached hydrogens (primary N) is 1. The average molecular weight is 156 g/mol. The van der Waals surface area contributed by atoms with Crippen LogP contribution in [0.3, 0.4) is 0 Å². The van der Waals surface area contributed by atoms with Crippen molar-refractivity contribution in [2.45, 2.75) is 32.2 Å². The highest BCUT2D eigenvalue weighted by atomic mass is 16.2. The third-order valence-corrected chi connectivity index (χ3v) is 2.31. The van der Waals surface area contributed by atoms with Crippen molar-refractivity contribution in [1.82, 2.24) is 5.32 Å². The summed E-state index contributed by atoms with van der Waals surface area (Å²) < 4.78 is 0. The highest BCUT2D eigenvalue weighted by molar-refractivity contribution is 5.81. The average Bonchev–Trinajstić information content (AvgIpc) is 1.84. The first-order valence-electron chi connectivity index (χ1n) is 4.29. The van der Waals surface area contributed by atoms with E-state index in [-0.39, 0.29) is 11.9 Å². The third kappa shape index (κ3) is 1.93. The lowest BCUT2D eigenvalue weighted by molar-refractivity contribution is -0.124. The predicted molar refractivity (Wildman–Crippen MR) is 44.0 cm³/mol. The summed E-state index contributed by atoms with van der Waals surface area (Å²) in [5.41, 5.74) is 5.70. The van der Waals surface area contributed by atoms with Gasteiger partial charge in [0.15, 0.2) is 0 Å². The van der Waals surface area contributed by atoms with Gasteiger partial charge in [0.25, 0.3) is 0 Å². The molecule has 3 N–H and O–H groups in total. The number of hydrogen-bond acceptors (Lipinski definition) is 2. The molecule has 0 heterocycles. The SMILES string of the molecule is CCNC(=O)C(N)C1CCC1. The second-order valence-electron chi connectivity index (χ2n) is 3.11. The molecule has 1 aliphatic rings. The van der Waals surface area contributed by atoms with Crippen LogP contribution in [0.25, 0.3) is 0 Å².